The van der Waals surface area contributed by atoms with Gasteiger partial charge in [0.25, 0.3) is 0 Å². The Morgan fingerprint density at radius 2 is 1.74 bits per heavy atom. The molecule has 0 saturated heterocycles. The smallest absolute Gasteiger partial charge is 0.0579 e. The van der Waals surface area contributed by atoms with E-state index in [1.807, 2.05) is 12.1 Å². The maximum Gasteiger partial charge on any atom is 0.0579 e. The van der Waals surface area contributed by atoms with Gasteiger partial charge in [0.15, 0.2) is 0 Å². The van der Waals surface area contributed by atoms with Crippen LogP contribution in [0.5, 0.6) is 0 Å². The number of rotatable bonds is 2. The quantitative estimate of drug-likeness (QED) is 0.846. The van der Waals surface area contributed by atoms with Gasteiger partial charge in [-0.3, -0.25) is 0 Å². The molecule has 3 rings (SSSR count). The van der Waals surface area contributed by atoms with Crippen LogP contribution in [0.4, 0.5) is 0 Å². The lowest BCUT2D eigenvalue weighted by atomic mass is 9.83. The predicted molar refractivity (Wildman–Crippen MR) is 80.8 cm³/mol. The summed E-state index contributed by atoms with van der Waals surface area (Å²) < 4.78 is 0. The van der Waals surface area contributed by atoms with Crippen LogP contribution < -0.4 is 5.32 Å². The van der Waals surface area contributed by atoms with Crippen LogP contribution in [0.1, 0.15) is 42.0 Å². The molecule has 2 atom stereocenters. The summed E-state index contributed by atoms with van der Waals surface area (Å²) in [5.74, 6) is 0.625. The van der Waals surface area contributed by atoms with Crippen molar-refractivity contribution in [2.45, 2.75) is 25.3 Å². The lowest BCUT2D eigenvalue weighted by molar-refractivity contribution is 0.487. The second-order valence-corrected chi connectivity index (χ2v) is 5.56. The molecule has 19 heavy (non-hydrogen) atoms. The lowest BCUT2D eigenvalue weighted by Gasteiger charge is -2.32. The van der Waals surface area contributed by atoms with E-state index in [0.717, 1.165) is 11.6 Å². The molecule has 0 spiro atoms. The van der Waals surface area contributed by atoms with Gasteiger partial charge in [-0.2, -0.15) is 0 Å². The van der Waals surface area contributed by atoms with Crippen LogP contribution in [0.15, 0.2) is 48.5 Å². The van der Waals surface area contributed by atoms with Crippen LogP contribution in [-0.4, -0.2) is 6.54 Å². The number of halogens is 1. The van der Waals surface area contributed by atoms with E-state index in [2.05, 4.69) is 48.6 Å². The fourth-order valence-corrected chi connectivity index (χ4v) is 3.07. The van der Waals surface area contributed by atoms with Crippen LogP contribution in [0.25, 0.3) is 0 Å². The fourth-order valence-electron chi connectivity index (χ4n) is 2.94. The standard InChI is InChI=1S/C17H18ClN/c1-2-12-11-19-17(13-7-9-14(18)10-8-13)16-6-4-3-5-15(12)16/h3-10,12,17,19H,2,11H2,1H3/t12-,17-/m0/s1. The molecule has 98 valence electrons. The zero-order valence-electron chi connectivity index (χ0n) is 11.1. The highest BCUT2D eigenvalue weighted by atomic mass is 35.5. The Labute approximate surface area is 119 Å². The van der Waals surface area contributed by atoms with Crippen molar-refractivity contribution in [2.75, 3.05) is 6.54 Å². The topological polar surface area (TPSA) is 12.0 Å². The summed E-state index contributed by atoms with van der Waals surface area (Å²) in [6.45, 7) is 3.30. The summed E-state index contributed by atoms with van der Waals surface area (Å²) in [6, 6.07) is 17.2. The van der Waals surface area contributed by atoms with E-state index < -0.39 is 0 Å². The number of nitrogens with one attached hydrogen (secondary N) is 1. The molecule has 2 aromatic carbocycles. The van der Waals surface area contributed by atoms with Crippen molar-refractivity contribution >= 4 is 11.6 Å². The molecule has 1 aliphatic heterocycles. The maximum atomic E-state index is 5.98. The first kappa shape index (κ1) is 12.7. The third kappa shape index (κ3) is 2.41. The number of hydrogen-bond acceptors (Lipinski definition) is 1. The summed E-state index contributed by atoms with van der Waals surface area (Å²) in [6.07, 6.45) is 1.18. The Bertz CT molecular complexity index is 562. The van der Waals surface area contributed by atoms with Gasteiger partial charge in [-0.1, -0.05) is 54.9 Å². The predicted octanol–water partition coefficient (Wildman–Crippen LogP) is 4.53. The molecule has 0 unspecified atom stereocenters. The number of benzene rings is 2. The molecule has 0 aliphatic carbocycles. The van der Waals surface area contributed by atoms with E-state index >= 15 is 0 Å². The van der Waals surface area contributed by atoms with Crippen LogP contribution in [0.2, 0.25) is 5.02 Å². The van der Waals surface area contributed by atoms with E-state index in [0.29, 0.717) is 5.92 Å². The minimum atomic E-state index is 0.288. The van der Waals surface area contributed by atoms with Gasteiger partial charge in [0.1, 0.15) is 0 Å². The highest BCUT2D eigenvalue weighted by Crippen LogP contribution is 2.35. The van der Waals surface area contributed by atoms with Crippen molar-refractivity contribution in [3.8, 4) is 0 Å². The second kappa shape index (κ2) is 5.36. The summed E-state index contributed by atoms with van der Waals surface area (Å²) >= 11 is 5.98. The molecule has 2 heteroatoms. The van der Waals surface area contributed by atoms with Crippen molar-refractivity contribution in [1.82, 2.24) is 5.32 Å². The third-order valence-corrected chi connectivity index (χ3v) is 4.26. The van der Waals surface area contributed by atoms with E-state index in [1.165, 1.54) is 23.1 Å². The molecule has 0 radical (unpaired) electrons. The summed E-state index contributed by atoms with van der Waals surface area (Å²) in [4.78, 5) is 0. The van der Waals surface area contributed by atoms with Gasteiger partial charge in [0, 0.05) is 11.6 Å². The van der Waals surface area contributed by atoms with Crippen molar-refractivity contribution in [3.05, 3.63) is 70.2 Å². The van der Waals surface area contributed by atoms with Crippen LogP contribution in [0.3, 0.4) is 0 Å². The zero-order valence-corrected chi connectivity index (χ0v) is 11.8. The van der Waals surface area contributed by atoms with Crippen molar-refractivity contribution < 1.29 is 0 Å². The average Bonchev–Trinajstić information content (AvgIpc) is 2.47. The minimum Gasteiger partial charge on any atom is -0.306 e. The Morgan fingerprint density at radius 1 is 1.05 bits per heavy atom. The van der Waals surface area contributed by atoms with E-state index in [4.69, 9.17) is 11.6 Å². The number of fused-ring (bicyclic) bond motifs is 1. The van der Waals surface area contributed by atoms with Crippen LogP contribution >= 0.6 is 11.6 Å². The molecule has 1 aliphatic rings. The average molecular weight is 272 g/mol. The molecule has 0 bridgehead atoms. The summed E-state index contributed by atoms with van der Waals surface area (Å²) in [5, 5.41) is 4.46. The van der Waals surface area contributed by atoms with Gasteiger partial charge < -0.3 is 5.32 Å². The van der Waals surface area contributed by atoms with Gasteiger partial charge in [0.2, 0.25) is 0 Å². The molecule has 1 N–H and O–H groups in total. The van der Waals surface area contributed by atoms with Crippen LogP contribution in [-0.2, 0) is 0 Å². The first-order valence-corrected chi connectivity index (χ1v) is 7.25. The van der Waals surface area contributed by atoms with Gasteiger partial charge in [0.05, 0.1) is 6.04 Å². The van der Waals surface area contributed by atoms with E-state index in [1.54, 1.807) is 0 Å². The van der Waals surface area contributed by atoms with Crippen molar-refractivity contribution in [2.24, 2.45) is 0 Å². The van der Waals surface area contributed by atoms with Gasteiger partial charge >= 0.3 is 0 Å². The lowest BCUT2D eigenvalue weighted by Crippen LogP contribution is -2.33. The molecule has 0 fully saturated rings. The second-order valence-electron chi connectivity index (χ2n) is 5.13. The number of hydrogen-bond donors (Lipinski definition) is 1. The monoisotopic (exact) mass is 271 g/mol. The first-order valence-electron chi connectivity index (χ1n) is 6.87. The maximum absolute atomic E-state index is 5.98. The van der Waals surface area contributed by atoms with E-state index in [-0.39, 0.29) is 6.04 Å². The zero-order chi connectivity index (χ0) is 13.2. The molecule has 0 aromatic heterocycles. The first-order chi connectivity index (χ1) is 9.29. The van der Waals surface area contributed by atoms with Gasteiger partial charge in [-0.25, -0.2) is 0 Å². The van der Waals surface area contributed by atoms with Crippen molar-refractivity contribution in [3.63, 3.8) is 0 Å². The molecule has 0 amide bonds. The fraction of sp³-hybridized carbons (Fsp3) is 0.294. The molecule has 1 nitrogen and oxygen atoms in total. The summed E-state index contributed by atoms with van der Waals surface area (Å²) in [5.41, 5.74) is 4.18. The normalized spacial score (nSPS) is 22.0. The van der Waals surface area contributed by atoms with Crippen LogP contribution in [0, 0.1) is 0 Å². The Balaban J connectivity index is 2.02. The summed E-state index contributed by atoms with van der Waals surface area (Å²) in [7, 11) is 0. The van der Waals surface area contributed by atoms with E-state index in [9.17, 15) is 0 Å². The van der Waals surface area contributed by atoms with Crippen molar-refractivity contribution in [1.29, 1.82) is 0 Å². The largest absolute Gasteiger partial charge is 0.306 e. The molecule has 1 heterocycles. The molecule has 2 aromatic rings. The minimum absolute atomic E-state index is 0.288. The highest BCUT2D eigenvalue weighted by molar-refractivity contribution is 6.30. The Kier molecular flexibility index (Phi) is 3.58. The molecular weight excluding hydrogens is 254 g/mol. The SMILES string of the molecule is CC[C@H]1CN[C@@H](c2ccc(Cl)cc2)c2ccccc21. The Morgan fingerprint density at radius 3 is 2.42 bits per heavy atom. The van der Waals surface area contributed by atoms with Gasteiger partial charge in [-0.15, -0.1) is 0 Å². The molecular formula is C17H18ClN. The Hall–Kier alpha value is -1.31. The highest BCUT2D eigenvalue weighted by Gasteiger charge is 2.26. The third-order valence-electron chi connectivity index (χ3n) is 4.01. The molecule has 0 saturated carbocycles. The van der Waals surface area contributed by atoms with Gasteiger partial charge in [-0.05, 0) is 41.2 Å².